The number of piperazine rings is 1. The minimum Gasteiger partial charge on any atom is -0.335 e. The molecule has 7 N–H and O–H groups in total. The molecule has 276 valence electrons. The zero-order valence-electron chi connectivity index (χ0n) is 31.0. The van der Waals surface area contributed by atoms with Crippen molar-refractivity contribution in [3.05, 3.63) is 120 Å². The Balaban J connectivity index is 1.29. The molecule has 1 fully saturated rings. The van der Waals surface area contributed by atoms with Crippen LogP contribution in [0.5, 0.6) is 0 Å². The van der Waals surface area contributed by atoms with Crippen molar-refractivity contribution in [3.63, 3.8) is 0 Å². The first-order chi connectivity index (χ1) is 25.2. The van der Waals surface area contributed by atoms with Gasteiger partial charge in [0.05, 0.1) is 12.1 Å². The molecule has 4 aromatic rings. The highest BCUT2D eigenvalue weighted by Crippen LogP contribution is 2.27. The van der Waals surface area contributed by atoms with E-state index in [0.717, 1.165) is 72.2 Å². The van der Waals surface area contributed by atoms with Crippen LogP contribution in [0.3, 0.4) is 0 Å². The first-order valence-electron chi connectivity index (χ1n) is 19.0. The Labute approximate surface area is 310 Å². The van der Waals surface area contributed by atoms with Gasteiger partial charge in [-0.2, -0.15) is 0 Å². The summed E-state index contributed by atoms with van der Waals surface area (Å²) >= 11 is 0. The summed E-state index contributed by atoms with van der Waals surface area (Å²) in [5.41, 5.74) is 25.7. The Kier molecular flexibility index (Phi) is 14.6. The van der Waals surface area contributed by atoms with Gasteiger partial charge in [0.15, 0.2) is 0 Å². The number of amides is 2. The largest absolute Gasteiger partial charge is 0.335 e. The zero-order valence-corrected chi connectivity index (χ0v) is 31.0. The Morgan fingerprint density at radius 3 is 1.54 bits per heavy atom. The quantitative estimate of drug-likeness (QED) is 0.106. The summed E-state index contributed by atoms with van der Waals surface area (Å²) in [6.45, 7) is 7.48. The van der Waals surface area contributed by atoms with Crippen LogP contribution in [-0.4, -0.2) is 78.5 Å². The molecule has 1 aliphatic heterocycles. The number of nitrogens with zero attached hydrogens (tertiary/aromatic N) is 2. The van der Waals surface area contributed by atoms with Gasteiger partial charge in [-0.15, -0.1) is 0 Å². The molecule has 1 heterocycles. The maximum absolute atomic E-state index is 14.2. The molecule has 4 atom stereocenters. The fraction of sp³-hybridized carbons (Fsp3) is 0.409. The van der Waals surface area contributed by atoms with Gasteiger partial charge in [0.1, 0.15) is 0 Å². The third kappa shape index (κ3) is 10.8. The first kappa shape index (κ1) is 38.9. The standard InChI is InChI=1S/C44H58N6O2/c1-32(2)27-40-31-49(43(51)41(46)28-33-16-20-37(21-17-33)35-11-5-3-6-12-35)39(15-9-10-25-48-26-24-45)30-50(40)44(52)42(47)29-34-18-22-38(23-19-34)36-13-7-4-8-14-36/h3-8,11-14,16-23,32,39-42,48H,9-10,15,24-31,45-47H2,1-2H3/t39-,40+,41+,42+/m0/s1. The molecule has 1 aliphatic rings. The SMILES string of the molecule is CC(C)C[C@@H]1CN(C(=O)[C@H](N)Cc2ccc(-c3ccccc3)cc2)[C@@H](CCCCNCCN)CN1C(=O)[C@H](N)Cc1ccc(-c2ccccc2)cc1. The lowest BCUT2D eigenvalue weighted by Crippen LogP contribution is -2.65. The van der Waals surface area contributed by atoms with E-state index in [-0.39, 0.29) is 23.9 Å². The predicted octanol–water partition coefficient (Wildman–Crippen LogP) is 5.63. The molecule has 0 radical (unpaired) electrons. The van der Waals surface area contributed by atoms with E-state index in [9.17, 15) is 9.59 Å². The molecule has 52 heavy (non-hydrogen) atoms. The monoisotopic (exact) mass is 702 g/mol. The van der Waals surface area contributed by atoms with E-state index in [2.05, 4.69) is 92.0 Å². The summed E-state index contributed by atoms with van der Waals surface area (Å²) in [4.78, 5) is 32.4. The lowest BCUT2D eigenvalue weighted by molar-refractivity contribution is -0.149. The van der Waals surface area contributed by atoms with Crippen LogP contribution in [0.15, 0.2) is 109 Å². The van der Waals surface area contributed by atoms with Gasteiger partial charge < -0.3 is 32.3 Å². The number of hydrogen-bond acceptors (Lipinski definition) is 6. The molecule has 4 aromatic carbocycles. The number of hydrogen-bond donors (Lipinski definition) is 4. The third-order valence-electron chi connectivity index (χ3n) is 10.1. The van der Waals surface area contributed by atoms with E-state index in [1.165, 1.54) is 0 Å². The molecular weight excluding hydrogens is 645 g/mol. The second-order valence-corrected chi connectivity index (χ2v) is 14.7. The van der Waals surface area contributed by atoms with Crippen LogP contribution in [0.1, 0.15) is 50.7 Å². The molecule has 8 nitrogen and oxygen atoms in total. The van der Waals surface area contributed by atoms with Crippen molar-refractivity contribution in [1.29, 1.82) is 0 Å². The maximum atomic E-state index is 14.2. The summed E-state index contributed by atoms with van der Waals surface area (Å²) in [6.07, 6.45) is 4.33. The van der Waals surface area contributed by atoms with E-state index in [1.807, 2.05) is 46.2 Å². The zero-order chi connectivity index (χ0) is 36.9. The van der Waals surface area contributed by atoms with E-state index >= 15 is 0 Å². The van der Waals surface area contributed by atoms with Crippen molar-refractivity contribution in [2.24, 2.45) is 23.1 Å². The molecule has 5 rings (SSSR count). The van der Waals surface area contributed by atoms with Gasteiger partial charge in [-0.25, -0.2) is 0 Å². The number of carbonyl (C=O) groups excluding carboxylic acids is 2. The molecular formula is C44H58N6O2. The van der Waals surface area contributed by atoms with Gasteiger partial charge in [0.25, 0.3) is 0 Å². The van der Waals surface area contributed by atoms with E-state index in [1.54, 1.807) is 0 Å². The summed E-state index contributed by atoms with van der Waals surface area (Å²) in [5.74, 6) is 0.227. The fourth-order valence-corrected chi connectivity index (χ4v) is 7.38. The van der Waals surface area contributed by atoms with Crippen molar-refractivity contribution in [2.75, 3.05) is 32.7 Å². The summed E-state index contributed by atoms with van der Waals surface area (Å²) < 4.78 is 0. The highest BCUT2D eigenvalue weighted by molar-refractivity contribution is 5.85. The van der Waals surface area contributed by atoms with Crippen molar-refractivity contribution in [1.82, 2.24) is 15.1 Å². The Morgan fingerprint density at radius 1 is 0.635 bits per heavy atom. The minimum absolute atomic E-state index is 0.0534. The van der Waals surface area contributed by atoms with Crippen molar-refractivity contribution >= 4 is 11.8 Å². The summed E-state index contributed by atoms with van der Waals surface area (Å²) in [6, 6.07) is 35.5. The predicted molar refractivity (Wildman–Crippen MR) is 213 cm³/mol. The van der Waals surface area contributed by atoms with Crippen LogP contribution in [0.2, 0.25) is 0 Å². The number of nitrogens with two attached hydrogens (primary N) is 3. The first-order valence-corrected chi connectivity index (χ1v) is 19.0. The molecule has 1 saturated heterocycles. The number of nitrogens with one attached hydrogen (secondary N) is 1. The van der Waals surface area contributed by atoms with Crippen LogP contribution in [0.25, 0.3) is 22.3 Å². The summed E-state index contributed by atoms with van der Waals surface area (Å²) in [7, 11) is 0. The van der Waals surface area contributed by atoms with E-state index in [0.29, 0.717) is 38.4 Å². The third-order valence-corrected chi connectivity index (χ3v) is 10.1. The molecule has 0 unspecified atom stereocenters. The van der Waals surface area contributed by atoms with E-state index < -0.39 is 12.1 Å². The van der Waals surface area contributed by atoms with Crippen LogP contribution in [-0.2, 0) is 22.4 Å². The topological polar surface area (TPSA) is 131 Å². The van der Waals surface area contributed by atoms with Gasteiger partial charge in [-0.3, -0.25) is 9.59 Å². The molecule has 0 saturated carbocycles. The Bertz CT molecular complexity index is 1660. The summed E-state index contributed by atoms with van der Waals surface area (Å²) in [5, 5.41) is 3.37. The van der Waals surface area contributed by atoms with Crippen LogP contribution in [0.4, 0.5) is 0 Å². The lowest BCUT2D eigenvalue weighted by Gasteiger charge is -2.48. The van der Waals surface area contributed by atoms with Crippen molar-refractivity contribution < 1.29 is 9.59 Å². The number of carbonyl (C=O) groups is 2. The van der Waals surface area contributed by atoms with Crippen LogP contribution < -0.4 is 22.5 Å². The second-order valence-electron chi connectivity index (χ2n) is 14.7. The van der Waals surface area contributed by atoms with Gasteiger partial charge in [-0.1, -0.05) is 129 Å². The normalized spacial score (nSPS) is 17.3. The van der Waals surface area contributed by atoms with Gasteiger partial charge >= 0.3 is 0 Å². The van der Waals surface area contributed by atoms with Crippen molar-refractivity contribution in [2.45, 2.75) is 76.5 Å². The average Bonchev–Trinajstić information content (AvgIpc) is 3.17. The Hall–Kier alpha value is -4.34. The van der Waals surface area contributed by atoms with Gasteiger partial charge in [0, 0.05) is 38.3 Å². The molecule has 0 spiro atoms. The molecule has 0 aromatic heterocycles. The molecule has 0 aliphatic carbocycles. The van der Waals surface area contributed by atoms with Gasteiger partial charge in [-0.05, 0) is 77.9 Å². The van der Waals surface area contributed by atoms with Gasteiger partial charge in [0.2, 0.25) is 11.8 Å². The minimum atomic E-state index is -0.681. The highest BCUT2D eigenvalue weighted by atomic mass is 16.2. The molecule has 2 amide bonds. The number of benzene rings is 4. The smallest absolute Gasteiger partial charge is 0.240 e. The molecule has 0 bridgehead atoms. The van der Waals surface area contributed by atoms with Crippen LogP contribution in [0, 0.1) is 5.92 Å². The highest BCUT2D eigenvalue weighted by Gasteiger charge is 2.40. The number of rotatable bonds is 17. The lowest BCUT2D eigenvalue weighted by atomic mass is 9.92. The van der Waals surface area contributed by atoms with Crippen molar-refractivity contribution in [3.8, 4) is 22.3 Å². The second kappa shape index (κ2) is 19.5. The fourth-order valence-electron chi connectivity index (χ4n) is 7.38. The Morgan fingerprint density at radius 2 is 1.08 bits per heavy atom. The number of unbranched alkanes of at least 4 members (excludes halogenated alkanes) is 1. The average molecular weight is 703 g/mol. The maximum Gasteiger partial charge on any atom is 0.240 e. The molecule has 8 heteroatoms. The van der Waals surface area contributed by atoms with Crippen LogP contribution >= 0.6 is 0 Å². The van der Waals surface area contributed by atoms with E-state index in [4.69, 9.17) is 17.2 Å².